The van der Waals surface area contributed by atoms with E-state index in [-0.39, 0.29) is 6.61 Å². The molecule has 1 aliphatic carbocycles. The van der Waals surface area contributed by atoms with Crippen LogP contribution in [0.25, 0.3) is 6.08 Å². The lowest BCUT2D eigenvalue weighted by Crippen LogP contribution is -2.16. The van der Waals surface area contributed by atoms with Crippen molar-refractivity contribution < 1.29 is 14.6 Å². The molecule has 0 amide bonds. The first-order chi connectivity index (χ1) is 9.72. The molecule has 0 saturated heterocycles. The zero-order valence-corrected chi connectivity index (χ0v) is 12.0. The molecule has 1 aromatic rings. The van der Waals surface area contributed by atoms with Crippen LogP contribution in [0.4, 0.5) is 0 Å². The molecule has 1 N–H and O–H groups in total. The van der Waals surface area contributed by atoms with Gasteiger partial charge in [-0.1, -0.05) is 42.3 Å². The average Bonchev–Trinajstić information content (AvgIpc) is 2.48. The predicted molar refractivity (Wildman–Crippen MR) is 79.1 cm³/mol. The number of aliphatic hydroxyl groups excluding tert-OH is 1. The van der Waals surface area contributed by atoms with Crippen molar-refractivity contribution in [3.05, 3.63) is 41.0 Å². The fraction of sp³-hybridized carbons (Fsp3) is 0.471. The van der Waals surface area contributed by atoms with Crippen molar-refractivity contribution in [1.29, 1.82) is 0 Å². The van der Waals surface area contributed by atoms with Crippen molar-refractivity contribution in [3.63, 3.8) is 0 Å². The number of carbonyl (C=O) groups excluding carboxylic acids is 1. The van der Waals surface area contributed by atoms with Gasteiger partial charge in [-0.3, -0.25) is 0 Å². The number of hydrogen-bond donors (Lipinski definition) is 1. The van der Waals surface area contributed by atoms with Gasteiger partial charge in [-0.25, -0.2) is 4.79 Å². The van der Waals surface area contributed by atoms with Crippen molar-refractivity contribution >= 4 is 12.0 Å². The number of aliphatic hydroxyl groups is 1. The summed E-state index contributed by atoms with van der Waals surface area (Å²) in [5.41, 5.74) is 2.95. The highest BCUT2D eigenvalue weighted by atomic mass is 16.5. The molecule has 0 heterocycles. The highest BCUT2D eigenvalue weighted by molar-refractivity contribution is 5.78. The summed E-state index contributed by atoms with van der Waals surface area (Å²) in [4.78, 5) is 11.7. The van der Waals surface area contributed by atoms with Gasteiger partial charge in [0.05, 0.1) is 6.61 Å². The molecule has 108 valence electrons. The van der Waals surface area contributed by atoms with Crippen molar-refractivity contribution in [2.75, 3.05) is 6.61 Å². The molecule has 3 heteroatoms. The Morgan fingerprint density at radius 3 is 2.70 bits per heavy atom. The van der Waals surface area contributed by atoms with Crippen LogP contribution in [0.2, 0.25) is 0 Å². The molecule has 0 bridgehead atoms. The molecule has 3 nitrogen and oxygen atoms in total. The normalized spacial score (nSPS) is 16.6. The summed E-state index contributed by atoms with van der Waals surface area (Å²) in [6, 6.07) is 7.49. The van der Waals surface area contributed by atoms with Gasteiger partial charge in [0, 0.05) is 0 Å². The Morgan fingerprint density at radius 1 is 1.30 bits per heavy atom. The monoisotopic (exact) mass is 274 g/mol. The van der Waals surface area contributed by atoms with Gasteiger partial charge in [0.2, 0.25) is 0 Å². The minimum Gasteiger partial charge on any atom is -0.464 e. The van der Waals surface area contributed by atoms with Gasteiger partial charge in [-0.15, -0.1) is 0 Å². The molecule has 0 aromatic heterocycles. The van der Waals surface area contributed by atoms with Crippen LogP contribution in [0.15, 0.2) is 29.8 Å². The maximum Gasteiger partial charge on any atom is 0.339 e. The Hall–Kier alpha value is -1.61. The number of allylic oxidation sites excluding steroid dienone is 1. The Kier molecular flexibility index (Phi) is 5.36. The zero-order valence-electron chi connectivity index (χ0n) is 12.0. The topological polar surface area (TPSA) is 46.5 Å². The average molecular weight is 274 g/mol. The molecule has 2 rings (SSSR count). The first kappa shape index (κ1) is 14.8. The lowest BCUT2D eigenvalue weighted by atomic mass is 9.91. The second-order valence-corrected chi connectivity index (χ2v) is 5.15. The number of ether oxygens (including phenoxy) is 1. The minimum absolute atomic E-state index is 0.277. The molecule has 1 atom stereocenters. The summed E-state index contributed by atoms with van der Waals surface area (Å²) < 4.78 is 4.89. The third kappa shape index (κ3) is 3.70. The third-order valence-electron chi connectivity index (χ3n) is 3.66. The van der Waals surface area contributed by atoms with Crippen molar-refractivity contribution in [3.8, 4) is 0 Å². The van der Waals surface area contributed by atoms with E-state index < -0.39 is 12.1 Å². The fourth-order valence-corrected chi connectivity index (χ4v) is 2.61. The molecule has 1 unspecified atom stereocenters. The molecule has 1 aromatic carbocycles. The van der Waals surface area contributed by atoms with E-state index in [4.69, 9.17) is 4.74 Å². The van der Waals surface area contributed by atoms with E-state index in [1.807, 2.05) is 18.2 Å². The van der Waals surface area contributed by atoms with Crippen LogP contribution in [-0.4, -0.2) is 17.7 Å². The largest absolute Gasteiger partial charge is 0.464 e. The number of carbonyl (C=O) groups is 1. The fourth-order valence-electron chi connectivity index (χ4n) is 2.61. The molecule has 20 heavy (non-hydrogen) atoms. The predicted octanol–water partition coefficient (Wildman–Crippen LogP) is 3.63. The van der Waals surface area contributed by atoms with E-state index in [2.05, 4.69) is 6.08 Å². The van der Waals surface area contributed by atoms with Crippen molar-refractivity contribution in [2.45, 2.75) is 45.1 Å². The van der Waals surface area contributed by atoms with E-state index >= 15 is 0 Å². The number of benzene rings is 1. The summed E-state index contributed by atoms with van der Waals surface area (Å²) in [5, 5.41) is 10.1. The highest BCUT2D eigenvalue weighted by Gasteiger charge is 2.21. The maximum absolute atomic E-state index is 11.7. The van der Waals surface area contributed by atoms with E-state index in [9.17, 15) is 9.90 Å². The Morgan fingerprint density at radius 2 is 2.00 bits per heavy atom. The standard InChI is InChI=1S/C17H22O3/c1-2-20-17(19)16(18)15-11-7-6-10-14(15)12-13-8-4-3-5-9-13/h6-7,10-12,16,18H,2-5,8-9H2,1H3. The van der Waals surface area contributed by atoms with Crippen LogP contribution in [0.1, 0.15) is 56.3 Å². The van der Waals surface area contributed by atoms with E-state index in [1.54, 1.807) is 13.0 Å². The Labute approximate surface area is 120 Å². The van der Waals surface area contributed by atoms with Gasteiger partial charge in [-0.2, -0.15) is 0 Å². The second-order valence-electron chi connectivity index (χ2n) is 5.15. The van der Waals surface area contributed by atoms with Gasteiger partial charge in [0.15, 0.2) is 6.10 Å². The highest BCUT2D eigenvalue weighted by Crippen LogP contribution is 2.28. The summed E-state index contributed by atoms with van der Waals surface area (Å²) in [6.45, 7) is 2.01. The molecule has 0 aliphatic heterocycles. The SMILES string of the molecule is CCOC(=O)C(O)c1ccccc1C=C1CCCCC1. The van der Waals surface area contributed by atoms with Crippen LogP contribution in [-0.2, 0) is 9.53 Å². The molecule has 1 fully saturated rings. The Balaban J connectivity index is 2.23. The van der Waals surface area contributed by atoms with Crippen LogP contribution in [0.3, 0.4) is 0 Å². The molecular weight excluding hydrogens is 252 g/mol. The summed E-state index contributed by atoms with van der Waals surface area (Å²) in [6.07, 6.45) is 6.91. The maximum atomic E-state index is 11.7. The summed E-state index contributed by atoms with van der Waals surface area (Å²) >= 11 is 0. The van der Waals surface area contributed by atoms with Gasteiger partial charge in [0.25, 0.3) is 0 Å². The zero-order chi connectivity index (χ0) is 14.4. The number of rotatable bonds is 4. The van der Waals surface area contributed by atoms with E-state index in [1.165, 1.54) is 24.8 Å². The molecule has 1 saturated carbocycles. The Bertz CT molecular complexity index is 483. The van der Waals surface area contributed by atoms with Crippen molar-refractivity contribution in [1.82, 2.24) is 0 Å². The minimum atomic E-state index is -1.20. The molecular formula is C17H22O3. The van der Waals surface area contributed by atoms with Crippen molar-refractivity contribution in [2.24, 2.45) is 0 Å². The first-order valence-electron chi connectivity index (χ1n) is 7.35. The van der Waals surface area contributed by atoms with Gasteiger partial charge < -0.3 is 9.84 Å². The second kappa shape index (κ2) is 7.25. The van der Waals surface area contributed by atoms with Gasteiger partial charge in [0.1, 0.15) is 0 Å². The smallest absolute Gasteiger partial charge is 0.339 e. The summed E-state index contributed by atoms with van der Waals surface area (Å²) in [7, 11) is 0. The van der Waals surface area contributed by atoms with E-state index in [0.29, 0.717) is 5.56 Å². The van der Waals surface area contributed by atoms with Gasteiger partial charge >= 0.3 is 5.97 Å². The molecule has 0 radical (unpaired) electrons. The summed E-state index contributed by atoms with van der Waals surface area (Å²) in [5.74, 6) is -0.581. The molecule has 0 spiro atoms. The first-order valence-corrected chi connectivity index (χ1v) is 7.35. The van der Waals surface area contributed by atoms with Crippen LogP contribution >= 0.6 is 0 Å². The lowest BCUT2D eigenvalue weighted by Gasteiger charge is -2.16. The van der Waals surface area contributed by atoms with Crippen LogP contribution in [0.5, 0.6) is 0 Å². The van der Waals surface area contributed by atoms with Gasteiger partial charge in [-0.05, 0) is 43.7 Å². The van der Waals surface area contributed by atoms with E-state index in [0.717, 1.165) is 18.4 Å². The molecule has 1 aliphatic rings. The number of hydrogen-bond acceptors (Lipinski definition) is 3. The quantitative estimate of drug-likeness (QED) is 0.853. The van der Waals surface area contributed by atoms with Crippen LogP contribution < -0.4 is 0 Å². The van der Waals surface area contributed by atoms with Crippen LogP contribution in [0, 0.1) is 0 Å². The third-order valence-corrected chi connectivity index (χ3v) is 3.66. The number of esters is 1. The lowest BCUT2D eigenvalue weighted by molar-refractivity contribution is -0.153.